The number of alkyl halides is 4. The Labute approximate surface area is 120 Å². The summed E-state index contributed by atoms with van der Waals surface area (Å²) >= 11 is 0. The molecule has 122 valence electrons. The zero-order chi connectivity index (χ0) is 16.0. The molecule has 0 amide bonds. The van der Waals surface area contributed by atoms with E-state index in [-0.39, 0.29) is 17.8 Å². The Hall–Kier alpha value is -1.22. The van der Waals surface area contributed by atoms with Gasteiger partial charge in [-0.2, -0.15) is 13.8 Å². The van der Waals surface area contributed by atoms with E-state index < -0.39 is 25.6 Å². The Balaban J connectivity index is 2.49. The van der Waals surface area contributed by atoms with Gasteiger partial charge >= 0.3 is 12.3 Å². The molecule has 2 atom stereocenters. The quantitative estimate of drug-likeness (QED) is 0.710. The van der Waals surface area contributed by atoms with Gasteiger partial charge in [-0.05, 0) is 13.5 Å². The number of hydrogen-bond acceptors (Lipinski definition) is 5. The van der Waals surface area contributed by atoms with Gasteiger partial charge in [-0.15, -0.1) is 0 Å². The fourth-order valence-corrected chi connectivity index (χ4v) is 1.57. The Bertz CT molecular complexity index is 428. The second-order valence-electron chi connectivity index (χ2n) is 4.74. The predicted molar refractivity (Wildman–Crippen MR) is 66.5 cm³/mol. The average molecular weight is 313 g/mol. The molecule has 21 heavy (non-hydrogen) atoms. The summed E-state index contributed by atoms with van der Waals surface area (Å²) in [5.41, 5.74) is 0. The molecule has 1 N–H and O–H groups in total. The zero-order valence-corrected chi connectivity index (χ0v) is 12.1. The molecule has 1 heterocycles. The summed E-state index contributed by atoms with van der Waals surface area (Å²) in [7, 11) is 0. The van der Waals surface area contributed by atoms with E-state index in [1.807, 2.05) is 20.8 Å². The van der Waals surface area contributed by atoms with Crippen molar-refractivity contribution in [2.75, 3.05) is 13.2 Å². The average Bonchev–Trinajstić information content (AvgIpc) is 2.86. The number of ether oxygens (including phenoxy) is 1. The molecule has 1 aromatic heterocycles. The number of nitrogens with zero attached hydrogens (tertiary/aromatic N) is 2. The van der Waals surface area contributed by atoms with Gasteiger partial charge in [0.2, 0.25) is 5.89 Å². The highest BCUT2D eigenvalue weighted by atomic mass is 19.3. The van der Waals surface area contributed by atoms with Crippen LogP contribution in [0.2, 0.25) is 0 Å². The maximum absolute atomic E-state index is 12.6. The van der Waals surface area contributed by atoms with Crippen molar-refractivity contribution in [2.45, 2.75) is 51.7 Å². The minimum absolute atomic E-state index is 0.0469. The number of aromatic nitrogens is 2. The second-order valence-corrected chi connectivity index (χ2v) is 4.74. The van der Waals surface area contributed by atoms with Crippen molar-refractivity contribution >= 4 is 0 Å². The summed E-state index contributed by atoms with van der Waals surface area (Å²) in [5, 5.41) is 6.76. The molecule has 0 fully saturated rings. The minimum Gasteiger partial charge on any atom is -0.367 e. The molecule has 1 rings (SSSR count). The monoisotopic (exact) mass is 313 g/mol. The van der Waals surface area contributed by atoms with Crippen molar-refractivity contribution in [2.24, 2.45) is 0 Å². The molecule has 0 saturated heterocycles. The van der Waals surface area contributed by atoms with E-state index in [1.54, 1.807) is 0 Å². The first-order chi connectivity index (χ1) is 9.77. The van der Waals surface area contributed by atoms with Crippen LogP contribution in [0.25, 0.3) is 0 Å². The third-order valence-corrected chi connectivity index (χ3v) is 2.99. The van der Waals surface area contributed by atoms with E-state index >= 15 is 0 Å². The molecule has 0 saturated carbocycles. The first-order valence-electron chi connectivity index (χ1n) is 6.57. The van der Waals surface area contributed by atoms with E-state index in [9.17, 15) is 17.6 Å². The lowest BCUT2D eigenvalue weighted by atomic mass is 10.0. The summed E-state index contributed by atoms with van der Waals surface area (Å²) in [6.45, 7) is 4.75. The number of rotatable bonds is 9. The molecule has 0 aliphatic rings. The van der Waals surface area contributed by atoms with E-state index in [4.69, 9.17) is 4.52 Å². The number of nitrogens with one attached hydrogen (secondary N) is 1. The first kappa shape index (κ1) is 17.8. The number of likely N-dealkylation sites (N-methyl/N-ethyl adjacent to an activating group) is 1. The maximum Gasteiger partial charge on any atom is 0.330 e. The van der Waals surface area contributed by atoms with Crippen LogP contribution in [-0.2, 0) is 11.3 Å². The van der Waals surface area contributed by atoms with Crippen LogP contribution in [0.1, 0.15) is 38.4 Å². The largest absolute Gasteiger partial charge is 0.367 e. The van der Waals surface area contributed by atoms with Gasteiger partial charge in [-0.3, -0.25) is 0 Å². The van der Waals surface area contributed by atoms with Crippen LogP contribution < -0.4 is 5.32 Å². The predicted octanol–water partition coefficient (Wildman–Crippen LogP) is 2.59. The molecule has 2 unspecified atom stereocenters. The molecule has 0 aromatic carbocycles. The lowest BCUT2D eigenvalue weighted by Crippen LogP contribution is -2.32. The molecule has 0 aliphatic carbocycles. The fourth-order valence-electron chi connectivity index (χ4n) is 1.57. The van der Waals surface area contributed by atoms with Crippen LogP contribution in [0, 0.1) is 0 Å². The number of hydrogen-bond donors (Lipinski definition) is 1. The van der Waals surface area contributed by atoms with Crippen molar-refractivity contribution in [3.8, 4) is 0 Å². The lowest BCUT2D eigenvalue weighted by molar-refractivity contribution is -0.168. The molecule has 1 aromatic rings. The van der Waals surface area contributed by atoms with Gasteiger partial charge in [-0.25, -0.2) is 8.78 Å². The highest BCUT2D eigenvalue weighted by Crippen LogP contribution is 2.23. The van der Waals surface area contributed by atoms with Crippen LogP contribution in [0.15, 0.2) is 4.52 Å². The van der Waals surface area contributed by atoms with Crippen LogP contribution in [0.5, 0.6) is 0 Å². The maximum atomic E-state index is 12.6. The summed E-state index contributed by atoms with van der Waals surface area (Å²) in [5.74, 6) is -3.87. The Morgan fingerprint density at radius 3 is 2.57 bits per heavy atom. The third-order valence-electron chi connectivity index (χ3n) is 2.99. The van der Waals surface area contributed by atoms with Gasteiger partial charge in [0.25, 0.3) is 0 Å². The normalized spacial score (nSPS) is 15.4. The Morgan fingerprint density at radius 2 is 2.00 bits per heavy atom. The van der Waals surface area contributed by atoms with Crippen molar-refractivity contribution in [1.29, 1.82) is 0 Å². The first-order valence-corrected chi connectivity index (χ1v) is 6.57. The van der Waals surface area contributed by atoms with Crippen molar-refractivity contribution < 1.29 is 26.8 Å². The Kier molecular flexibility index (Phi) is 6.53. The molecular weight excluding hydrogens is 294 g/mol. The standard InChI is InChI=1S/C12H19F4N3O2/c1-4-17-8(3)7(2)10-18-9(19-21-10)5-20-6-12(15,16)11(13)14/h7-8,11,17H,4-6H2,1-3H3. The summed E-state index contributed by atoms with van der Waals surface area (Å²) in [4.78, 5) is 4.00. The molecule has 0 bridgehead atoms. The van der Waals surface area contributed by atoms with E-state index in [0.29, 0.717) is 5.89 Å². The van der Waals surface area contributed by atoms with Crippen molar-refractivity contribution in [3.05, 3.63) is 11.7 Å². The SMILES string of the molecule is CCNC(C)C(C)c1nc(COCC(F)(F)C(F)F)no1. The topological polar surface area (TPSA) is 60.2 Å². The summed E-state index contributed by atoms with van der Waals surface area (Å²) in [6.07, 6.45) is -3.76. The highest BCUT2D eigenvalue weighted by Gasteiger charge is 2.41. The van der Waals surface area contributed by atoms with E-state index in [0.717, 1.165) is 6.54 Å². The third kappa shape index (κ3) is 5.24. The molecule has 0 aliphatic heterocycles. The van der Waals surface area contributed by atoms with E-state index in [2.05, 4.69) is 20.2 Å². The van der Waals surface area contributed by atoms with Gasteiger partial charge in [-0.1, -0.05) is 19.0 Å². The molecule has 5 nitrogen and oxygen atoms in total. The van der Waals surface area contributed by atoms with Crippen LogP contribution in [0.3, 0.4) is 0 Å². The lowest BCUT2D eigenvalue weighted by Gasteiger charge is -2.16. The molecule has 9 heteroatoms. The van der Waals surface area contributed by atoms with Gasteiger partial charge in [0.05, 0.1) is 5.92 Å². The van der Waals surface area contributed by atoms with Crippen molar-refractivity contribution in [1.82, 2.24) is 15.5 Å². The van der Waals surface area contributed by atoms with Crippen molar-refractivity contribution in [3.63, 3.8) is 0 Å². The Morgan fingerprint density at radius 1 is 1.33 bits per heavy atom. The minimum atomic E-state index is -4.18. The fraction of sp³-hybridized carbons (Fsp3) is 0.833. The smallest absolute Gasteiger partial charge is 0.330 e. The molecular formula is C12H19F4N3O2. The summed E-state index contributed by atoms with van der Waals surface area (Å²) in [6, 6.07) is 0.0902. The van der Waals surface area contributed by atoms with Crippen LogP contribution >= 0.6 is 0 Å². The molecule has 0 spiro atoms. The van der Waals surface area contributed by atoms with Gasteiger partial charge in [0.1, 0.15) is 13.2 Å². The van der Waals surface area contributed by atoms with Crippen LogP contribution in [0.4, 0.5) is 17.6 Å². The van der Waals surface area contributed by atoms with Gasteiger partial charge in [0, 0.05) is 6.04 Å². The molecule has 0 radical (unpaired) electrons. The van der Waals surface area contributed by atoms with Crippen LogP contribution in [-0.4, -0.2) is 41.7 Å². The summed E-state index contributed by atoms with van der Waals surface area (Å²) < 4.78 is 58.6. The van der Waals surface area contributed by atoms with Gasteiger partial charge in [0.15, 0.2) is 5.82 Å². The van der Waals surface area contributed by atoms with E-state index in [1.165, 1.54) is 0 Å². The highest BCUT2D eigenvalue weighted by molar-refractivity contribution is 4.95. The number of halogens is 4. The van der Waals surface area contributed by atoms with Gasteiger partial charge < -0.3 is 14.6 Å². The second kappa shape index (κ2) is 7.69. The zero-order valence-electron chi connectivity index (χ0n) is 12.1.